The molecule has 3 nitrogen and oxygen atoms in total. The molecule has 0 heterocycles. The quantitative estimate of drug-likeness (QED) is 0.472. The lowest BCUT2D eigenvalue weighted by Gasteiger charge is -2.18. The maximum absolute atomic E-state index is 6.52. The summed E-state index contributed by atoms with van der Waals surface area (Å²) in [5.41, 5.74) is 20.6. The van der Waals surface area contributed by atoms with Gasteiger partial charge in [0.05, 0.1) is 7.11 Å². The predicted octanol–water partition coefficient (Wildman–Crippen LogP) is 5.28. The molecule has 0 aromatic heterocycles. The van der Waals surface area contributed by atoms with Crippen LogP contribution in [0.3, 0.4) is 0 Å². The van der Waals surface area contributed by atoms with Crippen molar-refractivity contribution in [3.8, 4) is 28.0 Å². The van der Waals surface area contributed by atoms with Gasteiger partial charge in [-0.2, -0.15) is 0 Å². The van der Waals surface area contributed by atoms with Gasteiger partial charge in [-0.1, -0.05) is 35.3 Å². The second kappa shape index (κ2) is 6.51. The molecule has 0 spiro atoms. The number of hydrogen-bond donors (Lipinski definition) is 2. The molecule has 0 radical (unpaired) electrons. The molecular weight excluding hydrogens is 367 g/mol. The molecule has 5 heteroatoms. The Labute approximate surface area is 162 Å². The number of rotatable bonds is 3. The summed E-state index contributed by atoms with van der Waals surface area (Å²) in [6.45, 7) is 0.340. The normalized spacial score (nSPS) is 12.0. The molecule has 0 bridgehead atoms. The summed E-state index contributed by atoms with van der Waals surface area (Å²) in [4.78, 5) is 0. The van der Waals surface area contributed by atoms with Crippen LogP contribution in [0.15, 0.2) is 42.5 Å². The molecule has 1 aliphatic rings. The minimum atomic E-state index is 0.340. The van der Waals surface area contributed by atoms with Gasteiger partial charge in [0.15, 0.2) is 0 Å². The van der Waals surface area contributed by atoms with Crippen LogP contribution in [0.2, 0.25) is 10.0 Å². The molecule has 3 aromatic rings. The van der Waals surface area contributed by atoms with Crippen molar-refractivity contribution in [3.63, 3.8) is 0 Å². The Hall–Kier alpha value is -2.20. The fourth-order valence-electron chi connectivity index (χ4n) is 3.75. The van der Waals surface area contributed by atoms with Gasteiger partial charge >= 0.3 is 0 Å². The Morgan fingerprint density at radius 3 is 2.46 bits per heavy atom. The highest BCUT2D eigenvalue weighted by Gasteiger charge is 2.26. The molecule has 132 valence electrons. The van der Waals surface area contributed by atoms with E-state index in [1.807, 2.05) is 24.3 Å². The molecule has 0 amide bonds. The Balaban J connectivity index is 2.00. The molecule has 0 fully saturated rings. The van der Waals surface area contributed by atoms with Crippen molar-refractivity contribution in [1.82, 2.24) is 0 Å². The van der Waals surface area contributed by atoms with Crippen LogP contribution < -0.4 is 16.2 Å². The van der Waals surface area contributed by atoms with Gasteiger partial charge in [-0.05, 0) is 70.1 Å². The van der Waals surface area contributed by atoms with Crippen molar-refractivity contribution in [2.45, 2.75) is 13.0 Å². The molecule has 0 aliphatic heterocycles. The second-order valence-corrected chi connectivity index (χ2v) is 7.22. The number of halogens is 2. The van der Waals surface area contributed by atoms with Gasteiger partial charge in [0.2, 0.25) is 0 Å². The van der Waals surface area contributed by atoms with Gasteiger partial charge in [-0.25, -0.2) is 0 Å². The summed E-state index contributed by atoms with van der Waals surface area (Å²) in [7, 11) is 1.67. The zero-order valence-electron chi connectivity index (χ0n) is 14.3. The summed E-state index contributed by atoms with van der Waals surface area (Å²) in [5.74, 6) is 0.842. The topological polar surface area (TPSA) is 61.3 Å². The van der Waals surface area contributed by atoms with Crippen LogP contribution in [0.5, 0.6) is 5.75 Å². The first-order chi connectivity index (χ1) is 12.5. The summed E-state index contributed by atoms with van der Waals surface area (Å²) < 4.78 is 5.37. The van der Waals surface area contributed by atoms with Gasteiger partial charge in [0.25, 0.3) is 0 Å². The van der Waals surface area contributed by atoms with Crippen LogP contribution >= 0.6 is 23.2 Å². The standard InChI is InChI=1S/C21H18Cl2N2O/c1-26-13-3-5-14-11(6-13)7-17-16(14)9-20(25)18(10-24)21(17)15-4-2-12(22)8-19(15)23/h2-6,8-9H,7,10,24-25H2,1H3. The fourth-order valence-corrected chi connectivity index (χ4v) is 4.25. The Bertz CT molecular complexity index is 1030. The summed E-state index contributed by atoms with van der Waals surface area (Å²) in [5, 5.41) is 1.19. The van der Waals surface area contributed by atoms with Gasteiger partial charge in [0, 0.05) is 27.8 Å². The highest BCUT2D eigenvalue weighted by Crippen LogP contribution is 2.47. The van der Waals surface area contributed by atoms with Gasteiger partial charge in [-0.15, -0.1) is 0 Å². The van der Waals surface area contributed by atoms with E-state index in [1.54, 1.807) is 13.2 Å². The first kappa shape index (κ1) is 17.2. The van der Waals surface area contributed by atoms with Crippen LogP contribution in [0.4, 0.5) is 5.69 Å². The van der Waals surface area contributed by atoms with Crippen molar-refractivity contribution < 1.29 is 4.74 Å². The lowest BCUT2D eigenvalue weighted by atomic mass is 9.89. The number of fused-ring (bicyclic) bond motifs is 3. The minimum absolute atomic E-state index is 0.340. The van der Waals surface area contributed by atoms with Gasteiger partial charge < -0.3 is 16.2 Å². The van der Waals surface area contributed by atoms with E-state index >= 15 is 0 Å². The number of methoxy groups -OCH3 is 1. The van der Waals surface area contributed by atoms with Crippen LogP contribution in [0.1, 0.15) is 16.7 Å². The molecule has 0 atom stereocenters. The second-order valence-electron chi connectivity index (χ2n) is 6.37. The van der Waals surface area contributed by atoms with Gasteiger partial charge in [0.1, 0.15) is 5.75 Å². The number of hydrogen-bond acceptors (Lipinski definition) is 3. The van der Waals surface area contributed by atoms with Crippen LogP contribution in [0.25, 0.3) is 22.3 Å². The maximum Gasteiger partial charge on any atom is 0.119 e. The highest BCUT2D eigenvalue weighted by molar-refractivity contribution is 6.36. The van der Waals surface area contributed by atoms with Crippen molar-refractivity contribution >= 4 is 28.9 Å². The third-order valence-electron chi connectivity index (χ3n) is 4.95. The number of ether oxygens (including phenoxy) is 1. The third kappa shape index (κ3) is 2.64. The van der Waals surface area contributed by atoms with E-state index in [-0.39, 0.29) is 0 Å². The van der Waals surface area contributed by atoms with Crippen LogP contribution in [-0.2, 0) is 13.0 Å². The zero-order chi connectivity index (χ0) is 18.4. The minimum Gasteiger partial charge on any atom is -0.497 e. The van der Waals surface area contributed by atoms with Crippen molar-refractivity contribution in [3.05, 3.63) is 69.2 Å². The number of anilines is 1. The summed E-state index contributed by atoms with van der Waals surface area (Å²) in [6.07, 6.45) is 0.781. The van der Waals surface area contributed by atoms with E-state index in [1.165, 1.54) is 16.7 Å². The maximum atomic E-state index is 6.52. The lowest BCUT2D eigenvalue weighted by molar-refractivity contribution is 0.414. The van der Waals surface area contributed by atoms with E-state index in [2.05, 4.69) is 12.1 Å². The molecule has 0 saturated carbocycles. The summed E-state index contributed by atoms with van der Waals surface area (Å²) in [6, 6.07) is 13.7. The number of nitrogens with two attached hydrogens (primary N) is 2. The summed E-state index contributed by atoms with van der Waals surface area (Å²) >= 11 is 12.6. The molecule has 0 unspecified atom stereocenters. The SMILES string of the molecule is COc1ccc2c(c1)Cc1c-2cc(N)c(CN)c1-c1ccc(Cl)cc1Cl. The van der Waals surface area contributed by atoms with Crippen molar-refractivity contribution in [2.75, 3.05) is 12.8 Å². The fraction of sp³-hybridized carbons (Fsp3) is 0.143. The monoisotopic (exact) mass is 384 g/mol. The Morgan fingerprint density at radius 1 is 1.00 bits per heavy atom. The van der Waals surface area contributed by atoms with Crippen LogP contribution in [-0.4, -0.2) is 7.11 Å². The smallest absolute Gasteiger partial charge is 0.119 e. The van der Waals surface area contributed by atoms with Crippen molar-refractivity contribution in [2.24, 2.45) is 5.73 Å². The molecule has 4 rings (SSSR count). The molecule has 3 aromatic carbocycles. The Kier molecular flexibility index (Phi) is 4.31. The third-order valence-corrected chi connectivity index (χ3v) is 5.50. The Morgan fingerprint density at radius 2 is 1.77 bits per heavy atom. The molecule has 1 aliphatic carbocycles. The van der Waals surface area contributed by atoms with Crippen LogP contribution in [0, 0.1) is 0 Å². The first-order valence-electron chi connectivity index (χ1n) is 8.30. The number of benzene rings is 3. The average molecular weight is 385 g/mol. The van der Waals surface area contributed by atoms with E-state index in [0.29, 0.717) is 22.3 Å². The average Bonchev–Trinajstić information content (AvgIpc) is 2.98. The van der Waals surface area contributed by atoms with E-state index in [0.717, 1.165) is 34.4 Å². The molecule has 26 heavy (non-hydrogen) atoms. The molecular formula is C21H18Cl2N2O. The number of nitrogen functional groups attached to an aromatic ring is 1. The first-order valence-corrected chi connectivity index (χ1v) is 9.06. The van der Waals surface area contributed by atoms with E-state index in [4.69, 9.17) is 39.4 Å². The largest absolute Gasteiger partial charge is 0.497 e. The van der Waals surface area contributed by atoms with Gasteiger partial charge in [-0.3, -0.25) is 0 Å². The van der Waals surface area contributed by atoms with E-state index in [9.17, 15) is 0 Å². The predicted molar refractivity (Wildman–Crippen MR) is 109 cm³/mol. The van der Waals surface area contributed by atoms with Crippen molar-refractivity contribution in [1.29, 1.82) is 0 Å². The molecule has 4 N–H and O–H groups in total. The van der Waals surface area contributed by atoms with E-state index < -0.39 is 0 Å². The zero-order valence-corrected chi connectivity index (χ0v) is 15.8. The molecule has 0 saturated heterocycles. The lowest BCUT2D eigenvalue weighted by Crippen LogP contribution is -2.06. The highest BCUT2D eigenvalue weighted by atomic mass is 35.5.